The molecule has 23 heavy (non-hydrogen) atoms. The molecule has 2 unspecified atom stereocenters. The van der Waals surface area contributed by atoms with Gasteiger partial charge in [-0.3, -0.25) is 4.74 Å². The first-order valence-corrected chi connectivity index (χ1v) is 4.67. The molecule has 0 saturated heterocycles. The van der Waals surface area contributed by atoms with E-state index >= 15 is 0 Å². The van der Waals surface area contributed by atoms with Crippen LogP contribution in [0.2, 0.25) is 0 Å². The lowest BCUT2D eigenvalue weighted by molar-refractivity contribution is -0.517. The maximum Gasteiger partial charge on any atom is 0.461 e. The van der Waals surface area contributed by atoms with Gasteiger partial charge in [-0.15, -0.1) is 4.94 Å². The van der Waals surface area contributed by atoms with Crippen molar-refractivity contribution in [2.45, 2.75) is 30.7 Å². The van der Waals surface area contributed by atoms with E-state index in [0.29, 0.717) is 0 Å². The Kier molecular flexibility index (Phi) is 8.38. The number of hydrogen-bond acceptors (Lipinski definition) is 2. The van der Waals surface area contributed by atoms with Crippen molar-refractivity contribution in [1.29, 1.82) is 0 Å². The number of rotatable bonds is 5. The van der Waals surface area contributed by atoms with Crippen LogP contribution in [0.25, 0.3) is 0 Å². The van der Waals surface area contributed by atoms with Crippen LogP contribution in [0.1, 0.15) is 0 Å². The Morgan fingerprint density at radius 3 is 1.48 bits per heavy atom. The molecular formula is C8H5F13O2. The lowest BCUT2D eigenvalue weighted by Gasteiger charge is -2.31. The van der Waals surface area contributed by atoms with E-state index in [0.717, 1.165) is 0 Å². The van der Waals surface area contributed by atoms with Crippen LogP contribution in [-0.4, -0.2) is 37.3 Å². The average Bonchev–Trinajstić information content (AvgIpc) is 2.35. The molecule has 0 bridgehead atoms. The molecular weight excluding hydrogens is 375 g/mol. The van der Waals surface area contributed by atoms with Crippen molar-refractivity contribution in [3.8, 4) is 0 Å². The predicted molar refractivity (Wildman–Crippen MR) is 45.3 cm³/mol. The van der Waals surface area contributed by atoms with Gasteiger partial charge in [0.15, 0.2) is 0 Å². The molecule has 0 aromatic carbocycles. The molecule has 0 fully saturated rings. The normalized spacial score (nSPS) is 16.9. The van der Waals surface area contributed by atoms with Gasteiger partial charge >= 0.3 is 24.3 Å². The third kappa shape index (κ3) is 6.80. The number of alkyl halides is 11. The van der Waals surface area contributed by atoms with Gasteiger partial charge in [-0.25, -0.2) is 13.2 Å². The first-order chi connectivity index (χ1) is 9.96. The molecule has 0 saturated carbocycles. The fraction of sp³-hybridized carbons (Fsp3) is 0.750. The van der Waals surface area contributed by atoms with E-state index in [1.165, 1.54) is 4.94 Å². The van der Waals surface area contributed by atoms with Crippen LogP contribution in [0.3, 0.4) is 0 Å². The van der Waals surface area contributed by atoms with Crippen LogP contribution in [-0.2, 0) is 9.68 Å². The van der Waals surface area contributed by atoms with Gasteiger partial charge in [0.2, 0.25) is 0 Å². The molecule has 0 aliphatic carbocycles. The zero-order valence-corrected chi connectivity index (χ0v) is 10.2. The average molecular weight is 380 g/mol. The van der Waals surface area contributed by atoms with E-state index in [1.807, 2.05) is 4.74 Å². The summed E-state index contributed by atoms with van der Waals surface area (Å²) in [6.07, 6.45) is -24.6. The lowest BCUT2D eigenvalue weighted by atomic mass is 10.3. The molecule has 0 aromatic heterocycles. The Hall–Kier alpha value is -1.25. The third-order valence-electron chi connectivity index (χ3n) is 1.50. The van der Waals surface area contributed by atoms with Gasteiger partial charge in [0.1, 0.15) is 12.5 Å². The van der Waals surface area contributed by atoms with Crippen LogP contribution in [0.5, 0.6) is 0 Å². The minimum atomic E-state index is -6.82. The van der Waals surface area contributed by atoms with Gasteiger partial charge in [0.25, 0.3) is 6.36 Å². The van der Waals surface area contributed by atoms with Crippen molar-refractivity contribution >= 4 is 0 Å². The fourth-order valence-corrected chi connectivity index (χ4v) is 0.526. The summed E-state index contributed by atoms with van der Waals surface area (Å²) < 4.78 is 153. The Bertz CT molecular complexity index is 375. The molecule has 0 amide bonds. The van der Waals surface area contributed by atoms with Gasteiger partial charge in [0, 0.05) is 0 Å². The molecule has 15 heteroatoms. The molecule has 0 spiro atoms. The zero-order valence-electron chi connectivity index (χ0n) is 10.2. The van der Waals surface area contributed by atoms with Gasteiger partial charge in [-0.05, 0) is 4.53 Å². The highest BCUT2D eigenvalue weighted by atomic mass is 19.4. The van der Waals surface area contributed by atoms with E-state index in [1.54, 1.807) is 0 Å². The molecule has 0 aromatic rings. The highest BCUT2D eigenvalue weighted by Gasteiger charge is 2.77. The van der Waals surface area contributed by atoms with Crippen LogP contribution < -0.4 is 0 Å². The summed E-state index contributed by atoms with van der Waals surface area (Å²) in [6.45, 7) is 1.58. The molecule has 2 nitrogen and oxygen atoms in total. The summed E-state index contributed by atoms with van der Waals surface area (Å²) in [6, 6.07) is 0. The third-order valence-corrected chi connectivity index (χ3v) is 1.50. The number of ether oxygens (including phenoxy) is 1. The Morgan fingerprint density at radius 2 is 1.30 bits per heavy atom. The second-order valence-electron chi connectivity index (χ2n) is 3.31. The summed E-state index contributed by atoms with van der Waals surface area (Å²) in [4.78, 5) is 1.28. The van der Waals surface area contributed by atoms with Crippen LogP contribution in [0, 0.1) is 0 Å². The minimum Gasteiger partial charge on any atom is -0.272 e. The first-order valence-electron chi connectivity index (χ1n) is 4.67. The minimum absolute atomic E-state index is 0.912. The molecule has 2 atom stereocenters. The van der Waals surface area contributed by atoms with Gasteiger partial charge in [-0.1, -0.05) is 6.58 Å². The molecule has 0 heterocycles. The number of halogens is 13. The maximum absolute atomic E-state index is 12.4. The predicted octanol–water partition coefficient (Wildman–Crippen LogP) is 5.02. The topological polar surface area (TPSA) is 18.5 Å². The Morgan fingerprint density at radius 1 is 0.957 bits per heavy atom. The summed E-state index contributed by atoms with van der Waals surface area (Å²) in [5, 5.41) is 0. The van der Waals surface area contributed by atoms with Crippen LogP contribution in [0.4, 0.5) is 57.2 Å². The molecule has 0 radical (unpaired) electrons. The molecule has 0 aliphatic heterocycles. The Labute approximate surface area is 118 Å². The summed E-state index contributed by atoms with van der Waals surface area (Å²) in [5.41, 5.74) is 0. The standard InChI is InChI=1S/C5HF11O2.C3H4F2/c6-1(2(7,8)9)17-5(14,15)3(10,18-16)4(11,12)13;1-3(5)2-4/h1H;1-2H2. The highest BCUT2D eigenvalue weighted by Crippen LogP contribution is 2.48. The highest BCUT2D eigenvalue weighted by molar-refractivity contribution is 4.86. The SMILES string of the molecule is C=C(F)CF.FOC(F)(C(F)(F)F)C(F)(F)OC(F)C(F)(F)F. The van der Waals surface area contributed by atoms with Crippen molar-refractivity contribution in [3.63, 3.8) is 0 Å². The van der Waals surface area contributed by atoms with E-state index < -0.39 is 43.2 Å². The summed E-state index contributed by atoms with van der Waals surface area (Å²) >= 11 is 0. The van der Waals surface area contributed by atoms with E-state index in [4.69, 9.17) is 0 Å². The van der Waals surface area contributed by atoms with Crippen molar-refractivity contribution < 1.29 is 66.9 Å². The first kappa shape index (κ1) is 24.0. The molecule has 0 rings (SSSR count). The van der Waals surface area contributed by atoms with E-state index in [9.17, 15) is 57.2 Å². The fourth-order valence-electron chi connectivity index (χ4n) is 0.526. The number of allylic oxidation sites excluding steroid dienone is 1. The Balaban J connectivity index is 0. The van der Waals surface area contributed by atoms with Crippen molar-refractivity contribution in [1.82, 2.24) is 0 Å². The molecule has 0 N–H and O–H groups in total. The second kappa shape index (κ2) is 8.03. The monoisotopic (exact) mass is 380 g/mol. The van der Waals surface area contributed by atoms with Gasteiger partial charge in [0.05, 0.1) is 0 Å². The quantitative estimate of drug-likeness (QED) is 0.624. The molecule has 140 valence electrons. The van der Waals surface area contributed by atoms with Crippen molar-refractivity contribution in [2.75, 3.05) is 6.67 Å². The second-order valence-corrected chi connectivity index (χ2v) is 3.31. The van der Waals surface area contributed by atoms with E-state index in [2.05, 4.69) is 6.58 Å². The summed E-state index contributed by atoms with van der Waals surface area (Å²) in [5.74, 6) is -7.50. The molecule has 0 aliphatic rings. The summed E-state index contributed by atoms with van der Waals surface area (Å²) in [7, 11) is 0. The van der Waals surface area contributed by atoms with E-state index in [-0.39, 0.29) is 0 Å². The van der Waals surface area contributed by atoms with Gasteiger partial charge in [-0.2, -0.15) is 39.5 Å². The maximum atomic E-state index is 12.4. The van der Waals surface area contributed by atoms with Crippen LogP contribution >= 0.6 is 0 Å². The smallest absolute Gasteiger partial charge is 0.272 e. The number of hydrogen-bond donors (Lipinski definition) is 0. The van der Waals surface area contributed by atoms with Crippen LogP contribution in [0.15, 0.2) is 12.4 Å². The zero-order chi connectivity index (χ0) is 19.3. The van der Waals surface area contributed by atoms with Crippen molar-refractivity contribution in [3.05, 3.63) is 12.4 Å². The van der Waals surface area contributed by atoms with Crippen molar-refractivity contribution in [2.24, 2.45) is 0 Å². The van der Waals surface area contributed by atoms with Gasteiger partial charge < -0.3 is 0 Å². The largest absolute Gasteiger partial charge is 0.461 e. The lowest BCUT2D eigenvalue weighted by Crippen LogP contribution is -2.59.